The molecule has 108 valence electrons. The largest absolute Gasteiger partial charge is 0.372 e. The fourth-order valence-electron chi connectivity index (χ4n) is 2.65. The monoisotopic (exact) mass is 342 g/mol. The fraction of sp³-hybridized carbons (Fsp3) is 0.278. The molecule has 0 atom stereocenters. The highest BCUT2D eigenvalue weighted by molar-refractivity contribution is 9.10. The smallest absolute Gasteiger partial charge is 0.0630 e. The minimum absolute atomic E-state index is 0.973. The fourth-order valence-corrected chi connectivity index (χ4v) is 2.91. The normalized spacial score (nSPS) is 15.0. The first-order chi connectivity index (χ1) is 10.2. The van der Waals surface area contributed by atoms with Gasteiger partial charge in [0.05, 0.1) is 5.69 Å². The maximum absolute atomic E-state index is 4.55. The molecule has 2 aromatic carbocycles. The van der Waals surface area contributed by atoms with Gasteiger partial charge in [0.15, 0.2) is 0 Å². The van der Waals surface area contributed by atoms with Crippen molar-refractivity contribution < 1.29 is 0 Å². The van der Waals surface area contributed by atoms with E-state index in [1.807, 2.05) is 30.5 Å². The van der Waals surface area contributed by atoms with Crippen LogP contribution in [0.2, 0.25) is 0 Å². The first-order valence-electron chi connectivity index (χ1n) is 7.37. The first-order valence-corrected chi connectivity index (χ1v) is 8.17. The molecule has 1 fully saturated rings. The number of anilines is 1. The van der Waals surface area contributed by atoms with E-state index in [0.717, 1.165) is 10.2 Å². The molecule has 1 aliphatic rings. The molecule has 0 spiro atoms. The number of hydrogen-bond donors (Lipinski definition) is 0. The summed E-state index contributed by atoms with van der Waals surface area (Å²) in [5.74, 6) is 0. The molecular formula is C18H19BrN2. The number of benzene rings is 2. The Morgan fingerprint density at radius 2 is 1.76 bits per heavy atom. The van der Waals surface area contributed by atoms with E-state index in [0.29, 0.717) is 0 Å². The lowest BCUT2D eigenvalue weighted by atomic mass is 10.1. The molecule has 3 rings (SSSR count). The zero-order chi connectivity index (χ0) is 14.7. The van der Waals surface area contributed by atoms with E-state index in [4.69, 9.17) is 0 Å². The highest BCUT2D eigenvalue weighted by atomic mass is 79.9. The molecule has 2 aromatic rings. The quantitative estimate of drug-likeness (QED) is 0.707. The molecule has 1 saturated heterocycles. The van der Waals surface area contributed by atoms with Crippen molar-refractivity contribution in [2.45, 2.75) is 19.8 Å². The van der Waals surface area contributed by atoms with Crippen molar-refractivity contribution in [2.24, 2.45) is 4.99 Å². The Bertz CT molecular complexity index is 641. The Balaban J connectivity index is 1.77. The third-order valence-electron chi connectivity index (χ3n) is 3.90. The topological polar surface area (TPSA) is 15.6 Å². The Labute approximate surface area is 134 Å². The number of halogens is 1. The van der Waals surface area contributed by atoms with E-state index in [9.17, 15) is 0 Å². The van der Waals surface area contributed by atoms with Crippen LogP contribution in [0, 0.1) is 6.92 Å². The van der Waals surface area contributed by atoms with Crippen molar-refractivity contribution in [3.8, 4) is 0 Å². The van der Waals surface area contributed by atoms with E-state index < -0.39 is 0 Å². The Kier molecular flexibility index (Phi) is 4.39. The van der Waals surface area contributed by atoms with Crippen LogP contribution in [0.5, 0.6) is 0 Å². The lowest BCUT2D eigenvalue weighted by molar-refractivity contribution is 0.949. The molecule has 2 nitrogen and oxygen atoms in total. The zero-order valence-corrected chi connectivity index (χ0v) is 13.8. The van der Waals surface area contributed by atoms with Crippen LogP contribution in [0.1, 0.15) is 24.0 Å². The van der Waals surface area contributed by atoms with Gasteiger partial charge in [0.2, 0.25) is 0 Å². The van der Waals surface area contributed by atoms with Gasteiger partial charge in [-0.25, -0.2) is 0 Å². The highest BCUT2D eigenvalue weighted by Crippen LogP contribution is 2.23. The molecule has 0 aliphatic carbocycles. The van der Waals surface area contributed by atoms with Crippen LogP contribution in [0.25, 0.3) is 0 Å². The van der Waals surface area contributed by atoms with Gasteiger partial charge in [-0.1, -0.05) is 22.0 Å². The van der Waals surface area contributed by atoms with Crippen molar-refractivity contribution >= 4 is 33.5 Å². The van der Waals surface area contributed by atoms with Crippen LogP contribution in [0.4, 0.5) is 11.4 Å². The maximum atomic E-state index is 4.55. The number of aliphatic imine (C=N–C) groups is 1. The molecule has 21 heavy (non-hydrogen) atoms. The summed E-state index contributed by atoms with van der Waals surface area (Å²) in [7, 11) is 0. The van der Waals surface area contributed by atoms with Gasteiger partial charge in [-0.3, -0.25) is 4.99 Å². The van der Waals surface area contributed by atoms with Gasteiger partial charge in [0.1, 0.15) is 0 Å². The van der Waals surface area contributed by atoms with Crippen molar-refractivity contribution in [3.63, 3.8) is 0 Å². The zero-order valence-electron chi connectivity index (χ0n) is 12.2. The molecule has 0 saturated carbocycles. The van der Waals surface area contributed by atoms with Crippen LogP contribution < -0.4 is 4.90 Å². The maximum Gasteiger partial charge on any atom is 0.0630 e. The van der Waals surface area contributed by atoms with Gasteiger partial charge in [-0.05, 0) is 67.3 Å². The lowest BCUT2D eigenvalue weighted by Gasteiger charge is -2.18. The van der Waals surface area contributed by atoms with E-state index in [1.54, 1.807) is 0 Å². The Hall–Kier alpha value is -1.61. The standard InChI is InChI=1S/C18H19BrN2/c1-14-12-18(21-10-2-3-11-21)9-4-15(14)13-20-17-7-5-16(19)6-8-17/h4-9,12-13H,2-3,10-11H2,1H3. The number of hydrogen-bond acceptors (Lipinski definition) is 2. The molecule has 0 aromatic heterocycles. The highest BCUT2D eigenvalue weighted by Gasteiger charge is 2.12. The summed E-state index contributed by atoms with van der Waals surface area (Å²) < 4.78 is 1.08. The minimum Gasteiger partial charge on any atom is -0.372 e. The van der Waals surface area contributed by atoms with Crippen LogP contribution in [-0.2, 0) is 0 Å². The molecule has 0 unspecified atom stereocenters. The summed E-state index contributed by atoms with van der Waals surface area (Å²) in [6.07, 6.45) is 4.57. The summed E-state index contributed by atoms with van der Waals surface area (Å²) >= 11 is 3.44. The Morgan fingerprint density at radius 1 is 1.05 bits per heavy atom. The summed E-state index contributed by atoms with van der Waals surface area (Å²) in [5.41, 5.74) is 4.77. The summed E-state index contributed by atoms with van der Waals surface area (Å²) in [6, 6.07) is 14.7. The average Bonchev–Trinajstić information content (AvgIpc) is 3.02. The summed E-state index contributed by atoms with van der Waals surface area (Å²) in [4.78, 5) is 7.01. The number of rotatable bonds is 3. The second-order valence-electron chi connectivity index (χ2n) is 5.47. The molecule has 1 heterocycles. The molecule has 3 heteroatoms. The SMILES string of the molecule is Cc1cc(N2CCCC2)ccc1C=Nc1ccc(Br)cc1. The predicted octanol–water partition coefficient (Wildman–Crippen LogP) is 5.11. The second-order valence-corrected chi connectivity index (χ2v) is 6.39. The third-order valence-corrected chi connectivity index (χ3v) is 4.43. The van der Waals surface area contributed by atoms with E-state index >= 15 is 0 Å². The van der Waals surface area contributed by atoms with Crippen molar-refractivity contribution in [1.29, 1.82) is 0 Å². The Morgan fingerprint density at radius 3 is 2.43 bits per heavy atom. The summed E-state index contributed by atoms with van der Waals surface area (Å²) in [5, 5.41) is 0. The molecule has 0 amide bonds. The van der Waals surface area contributed by atoms with E-state index in [1.165, 1.54) is 42.7 Å². The molecular weight excluding hydrogens is 324 g/mol. The van der Waals surface area contributed by atoms with Crippen LogP contribution in [0.15, 0.2) is 51.9 Å². The average molecular weight is 343 g/mol. The lowest BCUT2D eigenvalue weighted by Crippen LogP contribution is -2.17. The number of nitrogens with zero attached hydrogens (tertiary/aromatic N) is 2. The van der Waals surface area contributed by atoms with E-state index in [-0.39, 0.29) is 0 Å². The van der Waals surface area contributed by atoms with Gasteiger partial charge < -0.3 is 4.90 Å². The van der Waals surface area contributed by atoms with E-state index in [2.05, 4.69) is 50.9 Å². The second kappa shape index (κ2) is 6.44. The number of aryl methyl sites for hydroxylation is 1. The predicted molar refractivity (Wildman–Crippen MR) is 94.0 cm³/mol. The molecule has 0 bridgehead atoms. The first kappa shape index (κ1) is 14.3. The van der Waals surface area contributed by atoms with Gasteiger partial charge in [-0.2, -0.15) is 0 Å². The third kappa shape index (κ3) is 3.53. The van der Waals surface area contributed by atoms with Crippen molar-refractivity contribution in [2.75, 3.05) is 18.0 Å². The minimum atomic E-state index is 0.973. The van der Waals surface area contributed by atoms with Crippen LogP contribution in [0.3, 0.4) is 0 Å². The van der Waals surface area contributed by atoms with Gasteiger partial charge >= 0.3 is 0 Å². The van der Waals surface area contributed by atoms with Crippen molar-refractivity contribution in [3.05, 3.63) is 58.1 Å². The van der Waals surface area contributed by atoms with Gasteiger partial charge in [0.25, 0.3) is 0 Å². The van der Waals surface area contributed by atoms with Gasteiger partial charge in [0, 0.05) is 29.5 Å². The molecule has 0 N–H and O–H groups in total. The van der Waals surface area contributed by atoms with Gasteiger partial charge in [-0.15, -0.1) is 0 Å². The summed E-state index contributed by atoms with van der Waals surface area (Å²) in [6.45, 7) is 4.53. The molecule has 0 radical (unpaired) electrons. The van der Waals surface area contributed by atoms with Crippen LogP contribution in [-0.4, -0.2) is 19.3 Å². The van der Waals surface area contributed by atoms with Crippen LogP contribution >= 0.6 is 15.9 Å². The van der Waals surface area contributed by atoms with Crippen molar-refractivity contribution in [1.82, 2.24) is 0 Å². The molecule has 1 aliphatic heterocycles.